The van der Waals surface area contributed by atoms with Gasteiger partial charge in [0.15, 0.2) is 0 Å². The molecule has 3 saturated heterocycles. The number of rotatable bonds is 8. The third-order valence-electron chi connectivity index (χ3n) is 7.34. The molecule has 30 heavy (non-hydrogen) atoms. The predicted molar refractivity (Wildman–Crippen MR) is 111 cm³/mol. The van der Waals surface area contributed by atoms with Crippen LogP contribution < -0.4 is 10.6 Å². The molecule has 2 bridgehead atoms. The van der Waals surface area contributed by atoms with Crippen molar-refractivity contribution >= 4 is 17.7 Å². The summed E-state index contributed by atoms with van der Waals surface area (Å²) in [6.07, 6.45) is 1.84. The molecule has 0 aromatic carbocycles. The fourth-order valence-electron chi connectivity index (χ4n) is 5.90. The number of nitrogens with one attached hydrogen (secondary N) is 2. The number of nitrogens with zero attached hydrogens (tertiary/aromatic N) is 1. The van der Waals surface area contributed by atoms with Crippen LogP contribution in [-0.2, 0) is 19.1 Å². The Balaban J connectivity index is 2.10. The van der Waals surface area contributed by atoms with E-state index in [0.29, 0.717) is 19.4 Å². The second kappa shape index (κ2) is 8.11. The molecule has 3 N–H and O–H groups in total. The third-order valence-corrected chi connectivity index (χ3v) is 7.34. The fourth-order valence-corrected chi connectivity index (χ4v) is 5.90. The van der Waals surface area contributed by atoms with Gasteiger partial charge < -0.3 is 25.4 Å². The van der Waals surface area contributed by atoms with Crippen LogP contribution in [0.25, 0.3) is 0 Å². The molecule has 8 nitrogen and oxygen atoms in total. The van der Waals surface area contributed by atoms with E-state index in [9.17, 15) is 19.5 Å². The number of ether oxygens (including phenoxy) is 1. The normalized spacial score (nSPS) is 38.1. The zero-order chi connectivity index (χ0) is 22.4. The van der Waals surface area contributed by atoms with Gasteiger partial charge in [-0.15, -0.1) is 0 Å². The lowest BCUT2D eigenvalue weighted by Gasteiger charge is -2.37. The van der Waals surface area contributed by atoms with Gasteiger partial charge >= 0.3 is 0 Å². The van der Waals surface area contributed by atoms with Crippen LogP contribution in [0.4, 0.5) is 0 Å². The van der Waals surface area contributed by atoms with Gasteiger partial charge in [-0.1, -0.05) is 20.8 Å². The van der Waals surface area contributed by atoms with E-state index >= 15 is 0 Å². The molecule has 3 fully saturated rings. The van der Waals surface area contributed by atoms with Crippen molar-refractivity contribution in [3.63, 3.8) is 0 Å². The SMILES string of the molecule is CCCNC(=O)[C@H]1[C@H]2C(=O)N([C@@H](CC)CO)C(C(=O)NC(C)C)C23CC(C)[C@]1(C)O3. The summed E-state index contributed by atoms with van der Waals surface area (Å²) in [6, 6.07) is -1.46. The van der Waals surface area contributed by atoms with Gasteiger partial charge in [-0.3, -0.25) is 14.4 Å². The summed E-state index contributed by atoms with van der Waals surface area (Å²) >= 11 is 0. The Hall–Kier alpha value is -1.67. The Morgan fingerprint density at radius 1 is 1.30 bits per heavy atom. The number of hydrogen-bond donors (Lipinski definition) is 3. The van der Waals surface area contributed by atoms with Crippen molar-refractivity contribution in [3.8, 4) is 0 Å². The minimum atomic E-state index is -1.05. The van der Waals surface area contributed by atoms with E-state index in [1.807, 2.05) is 41.5 Å². The summed E-state index contributed by atoms with van der Waals surface area (Å²) in [6.45, 7) is 11.8. The van der Waals surface area contributed by atoms with E-state index in [-0.39, 0.29) is 36.3 Å². The molecule has 3 amide bonds. The number of carbonyl (C=O) groups is 3. The first-order valence-electron chi connectivity index (χ1n) is 11.3. The molecular weight excluding hydrogens is 386 g/mol. The number of aliphatic hydroxyl groups is 1. The minimum absolute atomic E-state index is 0.0161. The van der Waals surface area contributed by atoms with Gasteiger partial charge in [0.05, 0.1) is 30.1 Å². The molecule has 3 heterocycles. The van der Waals surface area contributed by atoms with E-state index in [4.69, 9.17) is 4.74 Å². The maximum atomic E-state index is 13.7. The molecular formula is C22H37N3O5. The Bertz CT molecular complexity index is 709. The van der Waals surface area contributed by atoms with Crippen molar-refractivity contribution in [3.05, 3.63) is 0 Å². The molecule has 1 spiro atoms. The third kappa shape index (κ3) is 3.14. The smallest absolute Gasteiger partial charge is 0.246 e. The van der Waals surface area contributed by atoms with Gasteiger partial charge in [0.2, 0.25) is 17.7 Å². The molecule has 3 rings (SSSR count). The van der Waals surface area contributed by atoms with Crippen molar-refractivity contribution in [2.75, 3.05) is 13.2 Å². The van der Waals surface area contributed by atoms with Crippen LogP contribution in [0.2, 0.25) is 0 Å². The highest BCUT2D eigenvalue weighted by Gasteiger charge is 2.80. The van der Waals surface area contributed by atoms with Crippen LogP contribution >= 0.6 is 0 Å². The van der Waals surface area contributed by atoms with Crippen LogP contribution in [0.1, 0.15) is 60.8 Å². The zero-order valence-corrected chi connectivity index (χ0v) is 19.0. The molecule has 0 aromatic rings. The van der Waals surface area contributed by atoms with Gasteiger partial charge in [0.25, 0.3) is 0 Å². The van der Waals surface area contributed by atoms with Crippen LogP contribution in [0, 0.1) is 17.8 Å². The molecule has 0 radical (unpaired) electrons. The van der Waals surface area contributed by atoms with E-state index < -0.39 is 35.1 Å². The summed E-state index contributed by atoms with van der Waals surface area (Å²) < 4.78 is 6.59. The Morgan fingerprint density at radius 2 is 1.97 bits per heavy atom. The van der Waals surface area contributed by atoms with Crippen LogP contribution in [0.5, 0.6) is 0 Å². The molecule has 0 aliphatic carbocycles. The molecule has 3 aliphatic heterocycles. The molecule has 170 valence electrons. The van der Waals surface area contributed by atoms with Gasteiger partial charge in [-0.2, -0.15) is 0 Å². The van der Waals surface area contributed by atoms with Crippen molar-refractivity contribution in [2.24, 2.45) is 17.8 Å². The number of carbonyl (C=O) groups excluding carboxylic acids is 3. The van der Waals surface area contributed by atoms with E-state index in [0.717, 1.165) is 6.42 Å². The number of fused-ring (bicyclic) bond motifs is 1. The standard InChI is InChI=1S/C22H37N3O5/c1-7-9-23-18(27)15-16-20(29)25(14(8-2)11-26)17(19(28)24-12(3)4)22(16)10-13(5)21(15,6)30-22/h12-17,26H,7-11H2,1-6H3,(H,23,27)(H,24,28)/t13?,14-,15+,16-,17?,21-,22?/m0/s1. The molecule has 8 heteroatoms. The number of amides is 3. The highest BCUT2D eigenvalue weighted by molar-refractivity contribution is 5.99. The van der Waals surface area contributed by atoms with E-state index in [1.54, 1.807) is 0 Å². The summed E-state index contributed by atoms with van der Waals surface area (Å²) in [7, 11) is 0. The van der Waals surface area contributed by atoms with Crippen LogP contribution in [0.3, 0.4) is 0 Å². The molecule has 7 atom stereocenters. The first-order valence-corrected chi connectivity index (χ1v) is 11.3. The van der Waals surface area contributed by atoms with Crippen molar-refractivity contribution in [1.29, 1.82) is 0 Å². The Morgan fingerprint density at radius 3 is 2.50 bits per heavy atom. The average molecular weight is 424 g/mol. The van der Waals surface area contributed by atoms with E-state index in [1.165, 1.54) is 4.90 Å². The number of hydrogen-bond acceptors (Lipinski definition) is 5. The fraction of sp³-hybridized carbons (Fsp3) is 0.864. The summed E-state index contributed by atoms with van der Waals surface area (Å²) in [5.74, 6) is -2.09. The molecule has 0 aromatic heterocycles. The second-order valence-corrected chi connectivity index (χ2v) is 9.65. The maximum absolute atomic E-state index is 13.7. The quantitative estimate of drug-likeness (QED) is 0.536. The highest BCUT2D eigenvalue weighted by Crippen LogP contribution is 2.65. The first kappa shape index (κ1) is 23.0. The topological polar surface area (TPSA) is 108 Å². The largest absolute Gasteiger partial charge is 0.394 e. The zero-order valence-electron chi connectivity index (χ0n) is 19.0. The van der Waals surface area contributed by atoms with Crippen LogP contribution in [0.15, 0.2) is 0 Å². The Kier molecular flexibility index (Phi) is 6.22. The molecule has 0 saturated carbocycles. The van der Waals surface area contributed by atoms with Gasteiger partial charge in [0.1, 0.15) is 11.6 Å². The Labute approximate surface area is 179 Å². The monoisotopic (exact) mass is 423 g/mol. The molecule has 3 aliphatic rings. The lowest BCUT2D eigenvalue weighted by molar-refractivity contribution is -0.151. The lowest BCUT2D eigenvalue weighted by Crippen LogP contribution is -2.58. The molecule has 3 unspecified atom stereocenters. The first-order chi connectivity index (χ1) is 14.1. The van der Waals surface area contributed by atoms with Crippen LogP contribution in [-0.4, -0.2) is 70.2 Å². The van der Waals surface area contributed by atoms with Gasteiger partial charge in [-0.05, 0) is 46.0 Å². The van der Waals surface area contributed by atoms with Crippen molar-refractivity contribution in [1.82, 2.24) is 15.5 Å². The number of aliphatic hydroxyl groups excluding tert-OH is 1. The van der Waals surface area contributed by atoms with Crippen molar-refractivity contribution in [2.45, 2.75) is 90.1 Å². The summed E-state index contributed by atoms with van der Waals surface area (Å²) in [4.78, 5) is 41.8. The maximum Gasteiger partial charge on any atom is 0.246 e. The lowest BCUT2D eigenvalue weighted by atomic mass is 9.62. The summed E-state index contributed by atoms with van der Waals surface area (Å²) in [5.41, 5.74) is -1.86. The van der Waals surface area contributed by atoms with E-state index in [2.05, 4.69) is 10.6 Å². The number of likely N-dealkylation sites (tertiary alicyclic amines) is 1. The highest BCUT2D eigenvalue weighted by atomic mass is 16.5. The van der Waals surface area contributed by atoms with Crippen molar-refractivity contribution < 1.29 is 24.2 Å². The van der Waals surface area contributed by atoms with Gasteiger partial charge in [0, 0.05) is 12.6 Å². The minimum Gasteiger partial charge on any atom is -0.394 e. The average Bonchev–Trinajstić information content (AvgIpc) is 3.18. The second-order valence-electron chi connectivity index (χ2n) is 9.65. The predicted octanol–water partition coefficient (Wildman–Crippen LogP) is 0.819. The van der Waals surface area contributed by atoms with Gasteiger partial charge in [-0.25, -0.2) is 0 Å². The summed E-state index contributed by atoms with van der Waals surface area (Å²) in [5, 5.41) is 15.8.